The van der Waals surface area contributed by atoms with E-state index in [1.54, 1.807) is 0 Å². The first kappa shape index (κ1) is 25.8. The van der Waals surface area contributed by atoms with Gasteiger partial charge in [-0.2, -0.15) is 5.10 Å². The molecule has 1 heterocycles. The van der Waals surface area contributed by atoms with Gasteiger partial charge in [0.05, 0.1) is 30.6 Å². The van der Waals surface area contributed by atoms with E-state index in [0.29, 0.717) is 36.1 Å². The average Bonchev–Trinajstić information content (AvgIpc) is 3.67. The number of benzene rings is 3. The second kappa shape index (κ2) is 10.9. The molecule has 202 valence electrons. The highest BCUT2D eigenvalue weighted by atomic mass is 35.5. The molecule has 6 nitrogen and oxygen atoms in total. The fourth-order valence-electron chi connectivity index (χ4n) is 5.83. The van der Waals surface area contributed by atoms with Crippen molar-refractivity contribution in [2.45, 2.75) is 56.5 Å². The Morgan fingerprint density at radius 1 is 0.974 bits per heavy atom. The maximum absolute atomic E-state index is 12.1. The van der Waals surface area contributed by atoms with Crippen molar-refractivity contribution >= 4 is 28.5 Å². The molecule has 0 spiro atoms. The Hall–Kier alpha value is -3.51. The van der Waals surface area contributed by atoms with Crippen molar-refractivity contribution in [2.24, 2.45) is 5.92 Å². The van der Waals surface area contributed by atoms with E-state index in [1.807, 2.05) is 54.6 Å². The maximum atomic E-state index is 12.1. The molecule has 39 heavy (non-hydrogen) atoms. The first-order chi connectivity index (χ1) is 19.1. The molecule has 0 saturated heterocycles. The summed E-state index contributed by atoms with van der Waals surface area (Å²) in [5.74, 6) is 1.76. The van der Waals surface area contributed by atoms with Crippen LogP contribution in [0.15, 0.2) is 72.8 Å². The largest absolute Gasteiger partial charge is 0.493 e. The minimum atomic E-state index is -0.829. The lowest BCUT2D eigenvalue weighted by molar-refractivity contribution is -0.151. The van der Waals surface area contributed by atoms with E-state index in [2.05, 4.69) is 22.9 Å². The Morgan fingerprint density at radius 2 is 1.67 bits per heavy atom. The summed E-state index contributed by atoms with van der Waals surface area (Å²) in [6.45, 7) is 0.542. The predicted octanol–water partition coefficient (Wildman–Crippen LogP) is 7.51. The van der Waals surface area contributed by atoms with Crippen molar-refractivity contribution in [3.63, 3.8) is 0 Å². The van der Waals surface area contributed by atoms with Gasteiger partial charge >= 0.3 is 5.97 Å². The molecule has 7 heteroatoms. The van der Waals surface area contributed by atoms with E-state index in [4.69, 9.17) is 30.9 Å². The van der Waals surface area contributed by atoms with Gasteiger partial charge in [-0.05, 0) is 73.4 Å². The number of halogens is 1. The number of ether oxygens (including phenoxy) is 3. The van der Waals surface area contributed by atoms with Crippen LogP contribution in [0.5, 0.6) is 11.5 Å². The molecule has 2 fully saturated rings. The molecular weight excluding hydrogens is 512 g/mol. The van der Waals surface area contributed by atoms with Gasteiger partial charge in [-0.1, -0.05) is 49.1 Å². The van der Waals surface area contributed by atoms with E-state index in [-0.39, 0.29) is 11.9 Å². The minimum absolute atomic E-state index is 0.165. The quantitative estimate of drug-likeness (QED) is 0.204. The topological polar surface area (TPSA) is 62.6 Å². The Balaban J connectivity index is 1.29. The predicted molar refractivity (Wildman–Crippen MR) is 152 cm³/mol. The monoisotopic (exact) mass is 544 g/mol. The van der Waals surface area contributed by atoms with Crippen LogP contribution in [-0.4, -0.2) is 35.1 Å². The molecule has 1 unspecified atom stereocenters. The fraction of sp³-hybridized carbons (Fsp3) is 0.375. The van der Waals surface area contributed by atoms with Gasteiger partial charge in [0.1, 0.15) is 11.5 Å². The third kappa shape index (κ3) is 5.35. The molecule has 1 aromatic heterocycles. The van der Waals surface area contributed by atoms with E-state index >= 15 is 0 Å². The zero-order valence-electron chi connectivity index (χ0n) is 22.1. The SMILES string of the molecule is COC(=O)C1(Oc2ccc(OCC(c3c4ccccc4nn3-c3ccc(Cl)cc3)C3CCCCC3)cc2)CC1. The lowest BCUT2D eigenvalue weighted by Gasteiger charge is -2.31. The van der Waals surface area contributed by atoms with Crippen LogP contribution < -0.4 is 9.47 Å². The third-order valence-electron chi connectivity index (χ3n) is 8.09. The molecule has 0 radical (unpaired) electrons. The molecule has 0 aliphatic heterocycles. The maximum Gasteiger partial charge on any atom is 0.350 e. The number of rotatable bonds is 9. The normalized spacial score (nSPS) is 17.5. The summed E-state index contributed by atoms with van der Waals surface area (Å²) in [6.07, 6.45) is 7.47. The minimum Gasteiger partial charge on any atom is -0.493 e. The van der Waals surface area contributed by atoms with Gasteiger partial charge in [-0.15, -0.1) is 0 Å². The smallest absolute Gasteiger partial charge is 0.350 e. The van der Waals surface area contributed by atoms with Gasteiger partial charge in [-0.25, -0.2) is 9.48 Å². The molecule has 2 saturated carbocycles. The molecular formula is C32H33ClN2O4. The average molecular weight is 545 g/mol. The molecule has 4 aromatic rings. The summed E-state index contributed by atoms with van der Waals surface area (Å²) in [4.78, 5) is 12.1. The van der Waals surface area contributed by atoms with Crippen LogP contribution in [0.4, 0.5) is 0 Å². The Kier molecular flexibility index (Phi) is 7.22. The number of methoxy groups -OCH3 is 1. The summed E-state index contributed by atoms with van der Waals surface area (Å²) < 4.78 is 19.4. The van der Waals surface area contributed by atoms with Crippen LogP contribution in [0.1, 0.15) is 56.6 Å². The van der Waals surface area contributed by atoms with Crippen molar-refractivity contribution in [1.82, 2.24) is 9.78 Å². The third-order valence-corrected chi connectivity index (χ3v) is 8.34. The summed E-state index contributed by atoms with van der Waals surface area (Å²) in [6, 6.07) is 23.8. The molecule has 2 aliphatic rings. The second-order valence-electron chi connectivity index (χ2n) is 10.7. The van der Waals surface area contributed by atoms with Gasteiger partial charge in [0.15, 0.2) is 0 Å². The molecule has 3 aromatic carbocycles. The lowest BCUT2D eigenvalue weighted by atomic mass is 9.78. The van der Waals surface area contributed by atoms with Crippen molar-refractivity contribution in [3.8, 4) is 17.2 Å². The van der Waals surface area contributed by atoms with Gasteiger partial charge in [0, 0.05) is 29.2 Å². The highest BCUT2D eigenvalue weighted by molar-refractivity contribution is 6.30. The number of hydrogen-bond donors (Lipinski definition) is 0. The highest BCUT2D eigenvalue weighted by Crippen LogP contribution is 2.42. The zero-order chi connectivity index (χ0) is 26.8. The first-order valence-corrected chi connectivity index (χ1v) is 14.2. The molecule has 0 N–H and O–H groups in total. The summed E-state index contributed by atoms with van der Waals surface area (Å²) in [7, 11) is 1.40. The second-order valence-corrected chi connectivity index (χ2v) is 11.1. The number of carbonyl (C=O) groups excluding carboxylic acids is 1. The van der Waals surface area contributed by atoms with Crippen molar-refractivity contribution in [3.05, 3.63) is 83.5 Å². The number of aromatic nitrogens is 2. The molecule has 2 aliphatic carbocycles. The number of esters is 1. The molecule has 0 amide bonds. The Bertz CT molecular complexity index is 1440. The Labute approximate surface area is 233 Å². The van der Waals surface area contributed by atoms with Crippen molar-refractivity contribution in [1.29, 1.82) is 0 Å². The van der Waals surface area contributed by atoms with Gasteiger partial charge in [-0.3, -0.25) is 0 Å². The van der Waals surface area contributed by atoms with E-state index in [9.17, 15) is 4.79 Å². The fourth-order valence-corrected chi connectivity index (χ4v) is 5.95. The number of carbonyl (C=O) groups is 1. The van der Waals surface area contributed by atoms with Gasteiger partial charge in [0.25, 0.3) is 0 Å². The molecule has 0 bridgehead atoms. The molecule has 1 atom stereocenters. The number of fused-ring (bicyclic) bond motifs is 1. The van der Waals surface area contributed by atoms with Crippen LogP contribution in [-0.2, 0) is 9.53 Å². The van der Waals surface area contributed by atoms with Crippen LogP contribution in [0.25, 0.3) is 16.6 Å². The van der Waals surface area contributed by atoms with E-state index in [1.165, 1.54) is 44.9 Å². The lowest BCUT2D eigenvalue weighted by Crippen LogP contribution is -2.30. The van der Waals surface area contributed by atoms with E-state index in [0.717, 1.165) is 22.3 Å². The summed E-state index contributed by atoms with van der Waals surface area (Å²) in [5.41, 5.74) is 2.33. The van der Waals surface area contributed by atoms with E-state index < -0.39 is 5.60 Å². The Morgan fingerprint density at radius 3 is 2.36 bits per heavy atom. The zero-order valence-corrected chi connectivity index (χ0v) is 22.9. The van der Waals surface area contributed by atoms with Crippen LogP contribution in [0, 0.1) is 5.92 Å². The summed E-state index contributed by atoms with van der Waals surface area (Å²) in [5, 5.41) is 6.88. The number of hydrogen-bond acceptors (Lipinski definition) is 5. The highest BCUT2D eigenvalue weighted by Gasteiger charge is 2.54. The van der Waals surface area contributed by atoms with Gasteiger partial charge in [0.2, 0.25) is 5.60 Å². The molecule has 6 rings (SSSR count). The number of nitrogens with zero attached hydrogens (tertiary/aromatic N) is 2. The van der Waals surface area contributed by atoms with Crippen molar-refractivity contribution in [2.75, 3.05) is 13.7 Å². The van der Waals surface area contributed by atoms with Gasteiger partial charge < -0.3 is 14.2 Å². The first-order valence-electron chi connectivity index (χ1n) is 13.8. The van der Waals surface area contributed by atoms with Crippen LogP contribution in [0.3, 0.4) is 0 Å². The summed E-state index contributed by atoms with van der Waals surface area (Å²) >= 11 is 6.21. The van der Waals surface area contributed by atoms with Crippen molar-refractivity contribution < 1.29 is 19.0 Å². The standard InChI is InChI=1S/C32H33ClN2O4/c1-37-31(36)32(19-20-32)39-26-17-15-25(16-18-26)38-21-28(22-7-3-2-4-8-22)30-27-9-5-6-10-29(27)34-35(30)24-13-11-23(33)12-14-24/h5-6,9-18,22,28H,2-4,7-8,19-21H2,1H3. The van der Waals surface area contributed by atoms with Crippen LogP contribution in [0.2, 0.25) is 5.02 Å². The van der Waals surface area contributed by atoms with Crippen LogP contribution >= 0.6 is 11.6 Å².